The first kappa shape index (κ1) is 42.6. The summed E-state index contributed by atoms with van der Waals surface area (Å²) in [4.78, 5) is 6.59. The highest BCUT2D eigenvalue weighted by Crippen LogP contribution is 2.27. The third-order valence-electron chi connectivity index (χ3n) is 7.48. The summed E-state index contributed by atoms with van der Waals surface area (Å²) in [5.74, 6) is 14.8. The van der Waals surface area contributed by atoms with Crippen molar-refractivity contribution >= 4 is 43.2 Å². The van der Waals surface area contributed by atoms with Crippen LogP contribution in [-0.4, -0.2) is 0 Å². The quantitative estimate of drug-likeness (QED) is 0.131. The standard InChI is InChI=1S/C28H14N4.C10H6Br2N2.C9H5N/c1-32-28-12-8-22(9-13-28)7-11-25-19-26(14-16-29)24(18-27(25)15-17-30)10-6-21-2-4-23(20-31)5-3-21;11-9-6-8(2-4-14)10(12)5-7(9)1-3-13;1-3-8-4-6-9(10-2)7-5-8/h2-5,8-9,12-13,18-19H,14-15H2;5-6H,1-2H2;1,4-7H. The second-order valence-electron chi connectivity index (χ2n) is 11.2. The zero-order valence-corrected chi connectivity index (χ0v) is 32.7. The van der Waals surface area contributed by atoms with E-state index in [4.69, 9.17) is 35.4 Å². The molecule has 0 bridgehead atoms. The van der Waals surface area contributed by atoms with Crippen molar-refractivity contribution in [2.24, 2.45) is 0 Å². The van der Waals surface area contributed by atoms with E-state index < -0.39 is 0 Å². The van der Waals surface area contributed by atoms with Crippen LogP contribution >= 0.6 is 31.9 Å². The minimum atomic E-state index is 0.165. The number of nitrogens with zero attached hydrogens (tertiary/aromatic N) is 7. The lowest BCUT2D eigenvalue weighted by molar-refractivity contribution is 1.18. The summed E-state index contributed by atoms with van der Waals surface area (Å²) in [6.07, 6.45) is 6.18. The zero-order chi connectivity index (χ0) is 40.7. The van der Waals surface area contributed by atoms with Gasteiger partial charge in [0.2, 0.25) is 0 Å². The van der Waals surface area contributed by atoms with Gasteiger partial charge in [0.05, 0.1) is 74.7 Å². The number of benzene rings is 5. The molecule has 0 radical (unpaired) electrons. The first-order chi connectivity index (χ1) is 27.2. The lowest BCUT2D eigenvalue weighted by atomic mass is 9.95. The molecule has 7 nitrogen and oxygen atoms in total. The van der Waals surface area contributed by atoms with Crippen LogP contribution in [0.3, 0.4) is 0 Å². The Morgan fingerprint density at radius 2 is 0.804 bits per heavy atom. The van der Waals surface area contributed by atoms with Gasteiger partial charge in [-0.1, -0.05) is 110 Å². The largest absolute Gasteiger partial charge is 0.238 e. The van der Waals surface area contributed by atoms with E-state index in [1.165, 1.54) is 0 Å². The van der Waals surface area contributed by atoms with Crippen molar-refractivity contribution in [3.05, 3.63) is 184 Å². The smallest absolute Gasteiger partial charge is 0.187 e. The molecule has 0 saturated carbocycles. The van der Waals surface area contributed by atoms with Gasteiger partial charge in [-0.25, -0.2) is 9.69 Å². The van der Waals surface area contributed by atoms with Crippen LogP contribution < -0.4 is 0 Å². The molecule has 5 aromatic carbocycles. The Kier molecular flexibility index (Phi) is 17.5. The molecule has 0 aromatic heterocycles. The van der Waals surface area contributed by atoms with E-state index in [2.05, 4.69) is 101 Å². The monoisotopic (exact) mass is 845 g/mol. The minimum absolute atomic E-state index is 0.165. The SMILES string of the molecule is N#CCc1cc(Br)c(CC#N)cc1Br.[C-]#[N+]c1ccc(C#C)cc1.[C-]#[N+]c1ccc(C#Cc2cc(CC#N)c(C#Cc3ccc(C#N)cc3)cc2CC#N)cc1. The molecule has 0 saturated heterocycles. The van der Waals surface area contributed by atoms with Crippen molar-refractivity contribution in [1.29, 1.82) is 26.3 Å². The summed E-state index contributed by atoms with van der Waals surface area (Å²) >= 11 is 6.74. The highest BCUT2D eigenvalue weighted by atomic mass is 79.9. The fourth-order valence-corrected chi connectivity index (χ4v) is 5.68. The predicted molar refractivity (Wildman–Crippen MR) is 222 cm³/mol. The second-order valence-corrected chi connectivity index (χ2v) is 12.9. The maximum absolute atomic E-state index is 9.27. The van der Waals surface area contributed by atoms with Gasteiger partial charge >= 0.3 is 0 Å². The first-order valence-corrected chi connectivity index (χ1v) is 17.9. The number of rotatable bonds is 4. The summed E-state index contributed by atoms with van der Waals surface area (Å²) in [5, 5.41) is 44.6. The van der Waals surface area contributed by atoms with Crippen molar-refractivity contribution in [2.75, 3.05) is 0 Å². The van der Waals surface area contributed by atoms with Gasteiger partial charge in [-0.3, -0.25) is 0 Å². The Morgan fingerprint density at radius 1 is 0.464 bits per heavy atom. The van der Waals surface area contributed by atoms with Crippen LogP contribution in [0.1, 0.15) is 55.6 Å². The third-order valence-corrected chi connectivity index (χ3v) is 8.96. The van der Waals surface area contributed by atoms with Gasteiger partial charge in [-0.2, -0.15) is 26.3 Å². The Bertz CT molecular complexity index is 2500. The van der Waals surface area contributed by atoms with Gasteiger partial charge < -0.3 is 0 Å². The van der Waals surface area contributed by atoms with Crippen molar-refractivity contribution in [3.8, 4) is 66.4 Å². The molecule has 262 valence electrons. The molecule has 0 amide bonds. The first-order valence-electron chi connectivity index (χ1n) is 16.3. The van der Waals surface area contributed by atoms with Gasteiger partial charge in [0.1, 0.15) is 0 Å². The second kappa shape index (κ2) is 23.0. The molecule has 5 rings (SSSR count). The Balaban J connectivity index is 0.000000285. The van der Waals surface area contributed by atoms with Gasteiger partial charge in [-0.05, 0) is 70.8 Å². The summed E-state index contributed by atoms with van der Waals surface area (Å²) in [5.41, 5.74) is 8.74. The average Bonchev–Trinajstić information content (AvgIpc) is 3.23. The molecule has 0 spiro atoms. The number of nitriles is 5. The van der Waals surface area contributed by atoms with Crippen LogP contribution in [0.25, 0.3) is 9.69 Å². The van der Waals surface area contributed by atoms with Crippen LogP contribution in [0.5, 0.6) is 0 Å². The summed E-state index contributed by atoms with van der Waals surface area (Å²) in [7, 11) is 0. The molecule has 0 heterocycles. The van der Waals surface area contributed by atoms with Gasteiger partial charge in [0.25, 0.3) is 0 Å². The highest BCUT2D eigenvalue weighted by molar-refractivity contribution is 9.11. The van der Waals surface area contributed by atoms with Crippen LogP contribution in [0.2, 0.25) is 0 Å². The molecule has 0 aliphatic heterocycles. The van der Waals surface area contributed by atoms with Crippen LogP contribution in [0.15, 0.2) is 106 Å². The van der Waals surface area contributed by atoms with Crippen LogP contribution in [-0.2, 0) is 25.7 Å². The number of hydrogen-bond acceptors (Lipinski definition) is 5. The van der Waals surface area contributed by atoms with Crippen molar-refractivity contribution in [3.63, 3.8) is 0 Å². The molecule has 0 aliphatic carbocycles. The molecule has 0 aliphatic rings. The molecule has 0 atom stereocenters. The maximum Gasteiger partial charge on any atom is 0.187 e. The van der Waals surface area contributed by atoms with Gasteiger partial charge in [-0.15, -0.1) is 6.42 Å². The van der Waals surface area contributed by atoms with Gasteiger partial charge in [0.15, 0.2) is 11.4 Å². The average molecular weight is 848 g/mol. The Hall–Kier alpha value is -7.83. The van der Waals surface area contributed by atoms with E-state index >= 15 is 0 Å². The van der Waals surface area contributed by atoms with Crippen molar-refractivity contribution in [1.82, 2.24) is 0 Å². The predicted octanol–water partition coefficient (Wildman–Crippen LogP) is 10.6. The number of terminal acetylenes is 1. The van der Waals surface area contributed by atoms with E-state index in [9.17, 15) is 10.5 Å². The third kappa shape index (κ3) is 13.3. The van der Waals surface area contributed by atoms with E-state index in [0.29, 0.717) is 40.9 Å². The Labute approximate surface area is 344 Å². The van der Waals surface area contributed by atoms with E-state index in [0.717, 1.165) is 47.9 Å². The summed E-state index contributed by atoms with van der Waals surface area (Å²) in [6.45, 7) is 13.7. The summed E-state index contributed by atoms with van der Waals surface area (Å²) < 4.78 is 1.76. The molecule has 0 unspecified atom stereocenters. The minimum Gasteiger partial charge on any atom is -0.238 e. The molecule has 5 aromatic rings. The molecular weight excluding hydrogens is 822 g/mol. The molecule has 56 heavy (non-hydrogen) atoms. The van der Waals surface area contributed by atoms with Crippen molar-refractivity contribution < 1.29 is 0 Å². The topological polar surface area (TPSA) is 128 Å². The molecular formula is C47H25Br2N7. The summed E-state index contributed by atoms with van der Waals surface area (Å²) in [6, 6.07) is 38.8. The van der Waals surface area contributed by atoms with Crippen molar-refractivity contribution in [2.45, 2.75) is 25.7 Å². The fraction of sp³-hybridized carbons (Fsp3) is 0.0851. The lowest BCUT2D eigenvalue weighted by Crippen LogP contribution is -1.97. The maximum atomic E-state index is 9.27. The molecule has 9 heteroatoms. The molecule has 0 N–H and O–H groups in total. The fourth-order valence-electron chi connectivity index (χ4n) is 4.61. The van der Waals surface area contributed by atoms with Gasteiger partial charge in [0, 0.05) is 36.8 Å². The Morgan fingerprint density at radius 3 is 1.14 bits per heavy atom. The molecule has 0 fully saturated rings. The number of hydrogen-bond donors (Lipinski definition) is 0. The van der Waals surface area contributed by atoms with E-state index in [-0.39, 0.29) is 12.8 Å². The number of halogens is 2. The van der Waals surface area contributed by atoms with E-state index in [1.807, 2.05) is 24.3 Å². The lowest BCUT2D eigenvalue weighted by Gasteiger charge is -2.07. The zero-order valence-electron chi connectivity index (χ0n) is 29.5. The van der Waals surface area contributed by atoms with E-state index in [1.54, 1.807) is 72.8 Å². The highest BCUT2D eigenvalue weighted by Gasteiger charge is 2.09. The normalized spacial score (nSPS) is 8.75. The van der Waals surface area contributed by atoms with Crippen LogP contribution in [0, 0.1) is 106 Å². The van der Waals surface area contributed by atoms with Crippen LogP contribution in [0.4, 0.5) is 11.4 Å².